The summed E-state index contributed by atoms with van der Waals surface area (Å²) in [5, 5.41) is 6.46. The number of aromatic nitrogens is 3. The number of carbonyl (C=O) groups excluding carboxylic acids is 1. The number of hydrogen-bond donors (Lipinski definition) is 2. The predicted octanol–water partition coefficient (Wildman–Crippen LogP) is 0.345. The molecule has 7 heteroatoms. The van der Waals surface area contributed by atoms with Crippen molar-refractivity contribution in [2.45, 2.75) is 6.54 Å². The first-order chi connectivity index (χ1) is 10.2. The Hall–Kier alpha value is -2.41. The van der Waals surface area contributed by atoms with Crippen LogP contribution in [-0.2, 0) is 6.54 Å². The third kappa shape index (κ3) is 3.03. The number of nitrogens with zero attached hydrogens (tertiary/aromatic N) is 4. The molecule has 3 rings (SSSR count). The van der Waals surface area contributed by atoms with E-state index in [1.165, 1.54) is 11.8 Å². The maximum Gasteiger partial charge on any atom is 0.274 e. The van der Waals surface area contributed by atoms with Crippen LogP contribution in [-0.4, -0.2) is 57.1 Å². The van der Waals surface area contributed by atoms with Crippen LogP contribution in [0.2, 0.25) is 0 Å². The smallest absolute Gasteiger partial charge is 0.274 e. The van der Waals surface area contributed by atoms with Crippen molar-refractivity contribution < 1.29 is 4.79 Å². The molecule has 1 aliphatic heterocycles. The molecule has 0 bridgehead atoms. The van der Waals surface area contributed by atoms with Crippen LogP contribution in [0.4, 0.5) is 5.69 Å². The van der Waals surface area contributed by atoms with Crippen molar-refractivity contribution >= 4 is 11.6 Å². The van der Waals surface area contributed by atoms with Crippen molar-refractivity contribution in [1.82, 2.24) is 25.0 Å². The number of nitrogen functional groups attached to an aromatic ring is 1. The Kier molecular flexibility index (Phi) is 3.83. The zero-order valence-corrected chi connectivity index (χ0v) is 11.7. The molecule has 0 unspecified atom stereocenters. The van der Waals surface area contributed by atoms with Crippen LogP contribution >= 0.6 is 0 Å². The number of pyridine rings is 1. The fourth-order valence-electron chi connectivity index (χ4n) is 2.48. The van der Waals surface area contributed by atoms with E-state index in [0.29, 0.717) is 24.5 Å². The van der Waals surface area contributed by atoms with E-state index in [4.69, 9.17) is 5.73 Å². The average Bonchev–Trinajstić information content (AvgIpc) is 2.94. The van der Waals surface area contributed by atoms with Crippen LogP contribution in [0.1, 0.15) is 16.1 Å². The van der Waals surface area contributed by atoms with Gasteiger partial charge in [-0.25, -0.2) is 0 Å². The van der Waals surface area contributed by atoms with E-state index >= 15 is 0 Å². The van der Waals surface area contributed by atoms with E-state index in [2.05, 4.69) is 20.1 Å². The van der Waals surface area contributed by atoms with E-state index in [9.17, 15) is 4.79 Å². The van der Waals surface area contributed by atoms with E-state index in [-0.39, 0.29) is 5.91 Å². The number of nitrogens with two attached hydrogens (primary N) is 1. The third-order valence-corrected chi connectivity index (χ3v) is 3.70. The molecule has 3 N–H and O–H groups in total. The second-order valence-electron chi connectivity index (χ2n) is 5.12. The molecule has 0 saturated carbocycles. The number of anilines is 1. The first-order valence-electron chi connectivity index (χ1n) is 6.93. The van der Waals surface area contributed by atoms with E-state index in [0.717, 1.165) is 19.6 Å². The van der Waals surface area contributed by atoms with Crippen LogP contribution < -0.4 is 5.73 Å². The van der Waals surface area contributed by atoms with Gasteiger partial charge in [-0.15, -0.1) is 0 Å². The summed E-state index contributed by atoms with van der Waals surface area (Å²) in [6.45, 7) is 3.98. The first kappa shape index (κ1) is 13.6. The fourth-order valence-corrected chi connectivity index (χ4v) is 2.48. The molecular formula is C14H18N6O. The SMILES string of the molecule is Nc1cn[nH]c1C(=O)N1CCN(Cc2ccncc2)CC1. The molecule has 21 heavy (non-hydrogen) atoms. The minimum Gasteiger partial charge on any atom is -0.396 e. The number of nitrogens with one attached hydrogen (secondary N) is 1. The molecule has 0 aliphatic carbocycles. The Morgan fingerprint density at radius 2 is 1.95 bits per heavy atom. The zero-order valence-electron chi connectivity index (χ0n) is 11.7. The van der Waals surface area contributed by atoms with Gasteiger partial charge in [0, 0.05) is 45.1 Å². The van der Waals surface area contributed by atoms with Gasteiger partial charge in [0.25, 0.3) is 5.91 Å². The summed E-state index contributed by atoms with van der Waals surface area (Å²) < 4.78 is 0. The van der Waals surface area contributed by atoms with Gasteiger partial charge < -0.3 is 10.6 Å². The topological polar surface area (TPSA) is 91.1 Å². The molecule has 0 aromatic carbocycles. The number of hydrogen-bond acceptors (Lipinski definition) is 5. The van der Waals surface area contributed by atoms with Crippen LogP contribution in [0.25, 0.3) is 0 Å². The molecule has 1 aliphatic rings. The number of aromatic amines is 1. The molecule has 1 saturated heterocycles. The van der Waals surface area contributed by atoms with E-state index in [1.54, 1.807) is 12.4 Å². The quantitative estimate of drug-likeness (QED) is 0.849. The highest BCUT2D eigenvalue weighted by atomic mass is 16.2. The highest BCUT2D eigenvalue weighted by Gasteiger charge is 2.24. The van der Waals surface area contributed by atoms with Crippen LogP contribution in [0.15, 0.2) is 30.7 Å². The van der Waals surface area contributed by atoms with E-state index in [1.807, 2.05) is 17.0 Å². The lowest BCUT2D eigenvalue weighted by atomic mass is 10.2. The largest absolute Gasteiger partial charge is 0.396 e. The molecule has 110 valence electrons. The highest BCUT2D eigenvalue weighted by Crippen LogP contribution is 2.13. The molecule has 0 atom stereocenters. The minimum atomic E-state index is -0.0754. The minimum absolute atomic E-state index is 0.0754. The van der Waals surface area contributed by atoms with Gasteiger partial charge in [-0.3, -0.25) is 19.8 Å². The van der Waals surface area contributed by atoms with E-state index < -0.39 is 0 Å². The molecule has 1 fully saturated rings. The normalized spacial score (nSPS) is 16.1. The Balaban J connectivity index is 1.56. The van der Waals surface area contributed by atoms with Gasteiger partial charge in [0.15, 0.2) is 0 Å². The highest BCUT2D eigenvalue weighted by molar-refractivity contribution is 5.97. The summed E-state index contributed by atoms with van der Waals surface area (Å²) >= 11 is 0. The Morgan fingerprint density at radius 3 is 2.57 bits per heavy atom. The lowest BCUT2D eigenvalue weighted by Crippen LogP contribution is -2.48. The monoisotopic (exact) mass is 286 g/mol. The lowest BCUT2D eigenvalue weighted by Gasteiger charge is -2.34. The summed E-state index contributed by atoms with van der Waals surface area (Å²) in [4.78, 5) is 20.5. The van der Waals surface area contributed by atoms with Crippen molar-refractivity contribution in [3.63, 3.8) is 0 Å². The van der Waals surface area contributed by atoms with Crippen molar-refractivity contribution in [2.75, 3.05) is 31.9 Å². The van der Waals surface area contributed by atoms with Crippen LogP contribution in [0, 0.1) is 0 Å². The van der Waals surface area contributed by atoms with Gasteiger partial charge in [-0.2, -0.15) is 5.10 Å². The van der Waals surface area contributed by atoms with Gasteiger partial charge in [0.2, 0.25) is 0 Å². The standard InChI is InChI=1S/C14H18N6O/c15-12-9-17-18-13(12)14(21)20-7-5-19(6-8-20)10-11-1-3-16-4-2-11/h1-4,9H,5-8,10,15H2,(H,17,18). The summed E-state index contributed by atoms with van der Waals surface area (Å²) in [5.74, 6) is -0.0754. The Bertz CT molecular complexity index is 603. The first-order valence-corrected chi connectivity index (χ1v) is 6.93. The average molecular weight is 286 g/mol. The van der Waals surface area contributed by atoms with Crippen LogP contribution in [0.5, 0.6) is 0 Å². The van der Waals surface area contributed by atoms with Crippen molar-refractivity contribution in [3.05, 3.63) is 42.0 Å². The number of H-pyrrole nitrogens is 1. The van der Waals surface area contributed by atoms with Crippen molar-refractivity contribution in [1.29, 1.82) is 0 Å². The maximum absolute atomic E-state index is 12.3. The maximum atomic E-state index is 12.3. The molecule has 2 aromatic heterocycles. The van der Waals surface area contributed by atoms with Gasteiger partial charge in [-0.1, -0.05) is 0 Å². The van der Waals surface area contributed by atoms with Gasteiger partial charge in [0.1, 0.15) is 5.69 Å². The predicted molar refractivity (Wildman–Crippen MR) is 78.4 cm³/mol. The van der Waals surface area contributed by atoms with Gasteiger partial charge in [-0.05, 0) is 17.7 Å². The zero-order chi connectivity index (χ0) is 14.7. The molecular weight excluding hydrogens is 268 g/mol. The summed E-state index contributed by atoms with van der Waals surface area (Å²) in [6, 6.07) is 4.03. The molecule has 1 amide bonds. The fraction of sp³-hybridized carbons (Fsp3) is 0.357. The van der Waals surface area contributed by atoms with Crippen LogP contribution in [0.3, 0.4) is 0 Å². The second-order valence-corrected chi connectivity index (χ2v) is 5.12. The van der Waals surface area contributed by atoms with Crippen molar-refractivity contribution in [2.24, 2.45) is 0 Å². The number of amides is 1. The molecule has 7 nitrogen and oxygen atoms in total. The number of rotatable bonds is 3. The number of carbonyl (C=O) groups is 1. The van der Waals surface area contributed by atoms with Gasteiger partial charge >= 0.3 is 0 Å². The molecule has 2 aromatic rings. The van der Waals surface area contributed by atoms with Gasteiger partial charge in [0.05, 0.1) is 11.9 Å². The summed E-state index contributed by atoms with van der Waals surface area (Å²) in [6.07, 6.45) is 5.07. The molecule has 3 heterocycles. The van der Waals surface area contributed by atoms with Crippen molar-refractivity contribution in [3.8, 4) is 0 Å². The number of piperazine rings is 1. The molecule has 0 radical (unpaired) electrons. The Morgan fingerprint density at radius 1 is 1.24 bits per heavy atom. The summed E-state index contributed by atoms with van der Waals surface area (Å²) in [7, 11) is 0. The lowest BCUT2D eigenvalue weighted by molar-refractivity contribution is 0.0623. The second kappa shape index (κ2) is 5.92. The summed E-state index contributed by atoms with van der Waals surface area (Å²) in [5.41, 5.74) is 7.75. The molecule has 0 spiro atoms. The third-order valence-electron chi connectivity index (χ3n) is 3.70. The Labute approximate surface area is 122 Å².